The molecule has 1 aromatic heterocycles. The Morgan fingerprint density at radius 3 is 2.48 bits per heavy atom. The molecule has 0 amide bonds. The van der Waals surface area contributed by atoms with E-state index in [4.69, 9.17) is 4.42 Å². The van der Waals surface area contributed by atoms with Crippen LogP contribution in [0.5, 0.6) is 0 Å². The van der Waals surface area contributed by atoms with Gasteiger partial charge in [0.05, 0.1) is 17.2 Å². The lowest BCUT2D eigenvalue weighted by atomic mass is 10.3. The van der Waals surface area contributed by atoms with Crippen LogP contribution in [0.2, 0.25) is 0 Å². The van der Waals surface area contributed by atoms with Crippen molar-refractivity contribution in [1.29, 1.82) is 0 Å². The van der Waals surface area contributed by atoms with Gasteiger partial charge in [0.25, 0.3) is 0 Å². The summed E-state index contributed by atoms with van der Waals surface area (Å²) in [5.41, 5.74) is 0.912. The first kappa shape index (κ1) is 15.6. The highest BCUT2D eigenvalue weighted by molar-refractivity contribution is 7.89. The Bertz CT molecular complexity index is 649. The van der Waals surface area contributed by atoms with Gasteiger partial charge < -0.3 is 9.73 Å². The van der Waals surface area contributed by atoms with Crippen molar-refractivity contribution in [2.24, 2.45) is 0 Å². The molecule has 0 aliphatic rings. The van der Waals surface area contributed by atoms with Crippen LogP contribution in [0.15, 0.2) is 52.0 Å². The van der Waals surface area contributed by atoms with E-state index < -0.39 is 16.1 Å². The van der Waals surface area contributed by atoms with Gasteiger partial charge in [0.1, 0.15) is 5.76 Å². The van der Waals surface area contributed by atoms with Gasteiger partial charge in [-0.25, -0.2) is 13.1 Å². The van der Waals surface area contributed by atoms with Crippen LogP contribution in [-0.2, 0) is 10.0 Å². The second kappa shape index (κ2) is 6.78. The molecule has 114 valence electrons. The number of rotatable bonds is 7. The van der Waals surface area contributed by atoms with Gasteiger partial charge in [0.2, 0.25) is 10.0 Å². The van der Waals surface area contributed by atoms with Gasteiger partial charge in [-0.05, 0) is 49.7 Å². The van der Waals surface area contributed by atoms with Gasteiger partial charge in [-0.2, -0.15) is 0 Å². The van der Waals surface area contributed by atoms with Gasteiger partial charge >= 0.3 is 0 Å². The van der Waals surface area contributed by atoms with Crippen molar-refractivity contribution in [3.05, 3.63) is 48.4 Å². The van der Waals surface area contributed by atoms with E-state index in [-0.39, 0.29) is 4.90 Å². The third-order valence-corrected chi connectivity index (χ3v) is 4.60. The monoisotopic (exact) mass is 308 g/mol. The van der Waals surface area contributed by atoms with Gasteiger partial charge in [0.15, 0.2) is 0 Å². The highest BCUT2D eigenvalue weighted by Gasteiger charge is 2.19. The maximum atomic E-state index is 12.3. The molecule has 2 rings (SSSR count). The van der Waals surface area contributed by atoms with Gasteiger partial charge in [0, 0.05) is 12.2 Å². The zero-order valence-electron chi connectivity index (χ0n) is 12.2. The van der Waals surface area contributed by atoms with Crippen molar-refractivity contribution in [1.82, 2.24) is 4.72 Å². The Balaban J connectivity index is 2.08. The summed E-state index contributed by atoms with van der Waals surface area (Å²) in [6, 6.07) is 9.77. The van der Waals surface area contributed by atoms with Crippen molar-refractivity contribution in [2.45, 2.75) is 31.2 Å². The Morgan fingerprint density at radius 2 is 1.90 bits per heavy atom. The average molecular weight is 308 g/mol. The van der Waals surface area contributed by atoms with Crippen LogP contribution < -0.4 is 10.0 Å². The fourth-order valence-electron chi connectivity index (χ4n) is 1.92. The summed E-state index contributed by atoms with van der Waals surface area (Å²) < 4.78 is 32.4. The maximum absolute atomic E-state index is 12.3. The van der Waals surface area contributed by atoms with E-state index in [9.17, 15) is 8.42 Å². The Hall–Kier alpha value is -1.79. The molecule has 1 unspecified atom stereocenters. The van der Waals surface area contributed by atoms with E-state index in [1.807, 2.05) is 0 Å². The molecule has 0 spiro atoms. The second-order valence-electron chi connectivity index (χ2n) is 4.81. The normalized spacial score (nSPS) is 13.0. The Kier molecular flexibility index (Phi) is 5.03. The van der Waals surface area contributed by atoms with E-state index >= 15 is 0 Å². The van der Waals surface area contributed by atoms with Crippen LogP contribution in [0.4, 0.5) is 5.69 Å². The lowest BCUT2D eigenvalue weighted by molar-refractivity contribution is 0.459. The van der Waals surface area contributed by atoms with Crippen LogP contribution in [0.1, 0.15) is 32.1 Å². The van der Waals surface area contributed by atoms with Crippen molar-refractivity contribution >= 4 is 15.7 Å². The summed E-state index contributed by atoms with van der Waals surface area (Å²) in [7, 11) is -3.56. The zero-order chi connectivity index (χ0) is 15.3. The van der Waals surface area contributed by atoms with Crippen LogP contribution >= 0.6 is 0 Å². The minimum Gasteiger partial charge on any atom is -0.468 e. The summed E-state index contributed by atoms with van der Waals surface area (Å²) in [5.74, 6) is 0.583. The predicted octanol–water partition coefficient (Wildman–Crippen LogP) is 3.14. The molecule has 0 saturated heterocycles. The smallest absolute Gasteiger partial charge is 0.241 e. The average Bonchev–Trinajstić information content (AvgIpc) is 2.99. The summed E-state index contributed by atoms with van der Waals surface area (Å²) in [5, 5.41) is 3.21. The van der Waals surface area contributed by atoms with Crippen molar-refractivity contribution in [3.8, 4) is 0 Å². The van der Waals surface area contributed by atoms with Gasteiger partial charge in [-0.15, -0.1) is 0 Å². The molecule has 0 fully saturated rings. The topological polar surface area (TPSA) is 71.3 Å². The third-order valence-electron chi connectivity index (χ3n) is 3.05. The zero-order valence-corrected chi connectivity index (χ0v) is 13.0. The van der Waals surface area contributed by atoms with E-state index in [1.165, 1.54) is 6.26 Å². The molecule has 6 heteroatoms. The number of benzene rings is 1. The quantitative estimate of drug-likeness (QED) is 0.824. The standard InChI is InChI=1S/C15H20N2O3S/c1-3-10-16-13-6-8-14(9-7-13)21(18,19)17-12(2)15-5-4-11-20-15/h4-9,11-12,16-17H,3,10H2,1-2H3. The van der Waals surface area contributed by atoms with Crippen LogP contribution in [0, 0.1) is 0 Å². The molecular formula is C15H20N2O3S. The lowest BCUT2D eigenvalue weighted by Crippen LogP contribution is -2.26. The van der Waals surface area contributed by atoms with E-state index in [1.54, 1.807) is 43.3 Å². The predicted molar refractivity (Wildman–Crippen MR) is 82.7 cm³/mol. The number of hydrogen-bond acceptors (Lipinski definition) is 4. The molecule has 0 saturated carbocycles. The first-order valence-corrected chi connectivity index (χ1v) is 8.41. The SMILES string of the molecule is CCCNc1ccc(S(=O)(=O)NC(C)c2ccco2)cc1. The van der Waals surface area contributed by atoms with Crippen molar-refractivity contribution in [3.63, 3.8) is 0 Å². The molecule has 1 aromatic carbocycles. The fourth-order valence-corrected chi connectivity index (χ4v) is 3.13. The minimum absolute atomic E-state index is 0.239. The first-order valence-electron chi connectivity index (χ1n) is 6.92. The molecule has 5 nitrogen and oxygen atoms in total. The lowest BCUT2D eigenvalue weighted by Gasteiger charge is -2.12. The summed E-state index contributed by atoms with van der Waals surface area (Å²) in [4.78, 5) is 0.239. The Labute approximate surface area is 125 Å². The van der Waals surface area contributed by atoms with Crippen LogP contribution in [-0.4, -0.2) is 15.0 Å². The Morgan fingerprint density at radius 1 is 1.19 bits per heavy atom. The fraction of sp³-hybridized carbons (Fsp3) is 0.333. The largest absolute Gasteiger partial charge is 0.468 e. The van der Waals surface area contributed by atoms with Gasteiger partial charge in [-0.3, -0.25) is 0 Å². The molecule has 0 radical (unpaired) electrons. The van der Waals surface area contributed by atoms with Crippen molar-refractivity contribution < 1.29 is 12.8 Å². The minimum atomic E-state index is -3.56. The molecular weight excluding hydrogens is 288 g/mol. The molecule has 0 aliphatic heterocycles. The summed E-state index contributed by atoms with van der Waals surface area (Å²) in [6.45, 7) is 4.68. The van der Waals surface area contributed by atoms with E-state index in [2.05, 4.69) is 17.0 Å². The molecule has 0 bridgehead atoms. The second-order valence-corrected chi connectivity index (χ2v) is 6.52. The summed E-state index contributed by atoms with van der Waals surface area (Å²) >= 11 is 0. The van der Waals surface area contributed by atoms with Crippen LogP contribution in [0.3, 0.4) is 0 Å². The van der Waals surface area contributed by atoms with E-state index in [0.29, 0.717) is 5.76 Å². The molecule has 2 aromatic rings. The number of furan rings is 1. The highest BCUT2D eigenvalue weighted by atomic mass is 32.2. The molecule has 1 heterocycles. The maximum Gasteiger partial charge on any atom is 0.241 e. The van der Waals surface area contributed by atoms with Gasteiger partial charge in [-0.1, -0.05) is 6.92 Å². The number of nitrogens with one attached hydrogen (secondary N) is 2. The highest BCUT2D eigenvalue weighted by Crippen LogP contribution is 2.18. The molecule has 21 heavy (non-hydrogen) atoms. The molecule has 1 atom stereocenters. The summed E-state index contributed by atoms with van der Waals surface area (Å²) in [6.07, 6.45) is 2.54. The number of hydrogen-bond donors (Lipinski definition) is 2. The van der Waals surface area contributed by atoms with Crippen LogP contribution in [0.25, 0.3) is 0 Å². The van der Waals surface area contributed by atoms with Crippen molar-refractivity contribution in [2.75, 3.05) is 11.9 Å². The third kappa shape index (κ3) is 4.09. The van der Waals surface area contributed by atoms with E-state index in [0.717, 1.165) is 18.7 Å². The molecule has 0 aliphatic carbocycles. The first-order chi connectivity index (χ1) is 10.0. The number of sulfonamides is 1. The molecule has 2 N–H and O–H groups in total. The number of anilines is 1.